The summed E-state index contributed by atoms with van der Waals surface area (Å²) >= 11 is 0. The van der Waals surface area contributed by atoms with Crippen molar-refractivity contribution in [2.45, 2.75) is 11.4 Å². The third-order valence-corrected chi connectivity index (χ3v) is 5.17. The van der Waals surface area contributed by atoms with Gasteiger partial charge in [-0.3, -0.25) is 9.48 Å². The van der Waals surface area contributed by atoms with Crippen molar-refractivity contribution in [2.75, 3.05) is 12.4 Å². The Morgan fingerprint density at radius 1 is 1.12 bits per heavy atom. The largest absolute Gasteiger partial charge is 0.319 e. The van der Waals surface area contributed by atoms with Gasteiger partial charge in [-0.25, -0.2) is 13.1 Å². The Balaban J connectivity index is 1.72. The van der Waals surface area contributed by atoms with E-state index in [4.69, 9.17) is 0 Å². The molecule has 134 valence electrons. The third-order valence-electron chi connectivity index (χ3n) is 3.75. The van der Waals surface area contributed by atoms with Crippen molar-refractivity contribution in [3.05, 3.63) is 78.1 Å². The Hall–Kier alpha value is -2.97. The molecule has 1 heterocycles. The molecule has 26 heavy (non-hydrogen) atoms. The predicted molar refractivity (Wildman–Crippen MR) is 98.4 cm³/mol. The summed E-state index contributed by atoms with van der Waals surface area (Å²) < 4.78 is 27.7. The number of amides is 1. The van der Waals surface area contributed by atoms with E-state index in [9.17, 15) is 13.2 Å². The lowest BCUT2D eigenvalue weighted by Gasteiger charge is -2.06. The third kappa shape index (κ3) is 4.16. The molecule has 2 N–H and O–H groups in total. The van der Waals surface area contributed by atoms with Crippen molar-refractivity contribution in [3.63, 3.8) is 0 Å². The summed E-state index contributed by atoms with van der Waals surface area (Å²) in [6.07, 6.45) is 3.27. The molecule has 0 aliphatic rings. The van der Waals surface area contributed by atoms with Gasteiger partial charge in [-0.15, -0.1) is 0 Å². The lowest BCUT2D eigenvalue weighted by atomic mass is 10.2. The molecule has 1 amide bonds. The summed E-state index contributed by atoms with van der Waals surface area (Å²) in [6, 6.07) is 15.7. The molecule has 0 saturated carbocycles. The quantitative estimate of drug-likeness (QED) is 0.695. The number of rotatable bonds is 6. The van der Waals surface area contributed by atoms with Crippen LogP contribution in [0, 0.1) is 0 Å². The molecule has 0 spiro atoms. The van der Waals surface area contributed by atoms with Crippen LogP contribution in [0.4, 0.5) is 5.69 Å². The molecule has 8 heteroatoms. The van der Waals surface area contributed by atoms with E-state index in [1.165, 1.54) is 25.2 Å². The normalized spacial score (nSPS) is 11.3. The second-order valence-electron chi connectivity index (χ2n) is 5.60. The lowest BCUT2D eigenvalue weighted by molar-refractivity contribution is 0.102. The highest BCUT2D eigenvalue weighted by Gasteiger charge is 2.14. The molecule has 2 aromatic carbocycles. The number of carbonyl (C=O) groups excluding carboxylic acids is 1. The summed E-state index contributed by atoms with van der Waals surface area (Å²) in [7, 11) is -2.28. The second-order valence-corrected chi connectivity index (χ2v) is 7.49. The molecule has 0 aliphatic carbocycles. The maximum Gasteiger partial charge on any atom is 0.255 e. The Kier molecular flexibility index (Phi) is 5.15. The number of carbonyl (C=O) groups is 1. The molecule has 0 saturated heterocycles. The van der Waals surface area contributed by atoms with Crippen molar-refractivity contribution in [1.29, 1.82) is 0 Å². The van der Waals surface area contributed by atoms with Crippen LogP contribution in [-0.4, -0.2) is 31.2 Å². The summed E-state index contributed by atoms with van der Waals surface area (Å²) in [5.74, 6) is -0.405. The van der Waals surface area contributed by atoms with Crippen molar-refractivity contribution in [1.82, 2.24) is 14.5 Å². The number of sulfonamides is 1. The van der Waals surface area contributed by atoms with Crippen LogP contribution in [0.2, 0.25) is 0 Å². The molecule has 7 nitrogen and oxygen atoms in total. The van der Waals surface area contributed by atoms with Gasteiger partial charge in [-0.1, -0.05) is 36.4 Å². The van der Waals surface area contributed by atoms with Gasteiger partial charge in [0.1, 0.15) is 0 Å². The monoisotopic (exact) mass is 370 g/mol. The summed E-state index contributed by atoms with van der Waals surface area (Å²) in [5.41, 5.74) is 1.88. The number of nitrogens with one attached hydrogen (secondary N) is 2. The van der Waals surface area contributed by atoms with Gasteiger partial charge < -0.3 is 5.32 Å². The molecule has 0 aliphatic heterocycles. The van der Waals surface area contributed by atoms with Gasteiger partial charge in [0.05, 0.1) is 23.3 Å². The molecular weight excluding hydrogens is 352 g/mol. The van der Waals surface area contributed by atoms with E-state index in [-0.39, 0.29) is 10.5 Å². The van der Waals surface area contributed by atoms with Crippen LogP contribution < -0.4 is 10.0 Å². The zero-order chi connectivity index (χ0) is 18.6. The van der Waals surface area contributed by atoms with Gasteiger partial charge in [0.25, 0.3) is 5.91 Å². The zero-order valence-electron chi connectivity index (χ0n) is 14.1. The van der Waals surface area contributed by atoms with Crippen molar-refractivity contribution >= 4 is 21.6 Å². The molecule has 3 aromatic rings. The minimum Gasteiger partial charge on any atom is -0.319 e. The summed E-state index contributed by atoms with van der Waals surface area (Å²) in [5, 5.41) is 6.95. The number of nitrogens with zero attached hydrogens (tertiary/aromatic N) is 2. The molecular formula is C18H18N4O3S. The topological polar surface area (TPSA) is 93.1 Å². The summed E-state index contributed by atoms with van der Waals surface area (Å²) in [4.78, 5) is 12.4. The van der Waals surface area contributed by atoms with Gasteiger partial charge >= 0.3 is 0 Å². The van der Waals surface area contributed by atoms with E-state index in [1.54, 1.807) is 23.1 Å². The van der Waals surface area contributed by atoms with E-state index in [0.29, 0.717) is 12.2 Å². The first-order valence-electron chi connectivity index (χ1n) is 7.89. The predicted octanol–water partition coefficient (Wildman–Crippen LogP) is 2.09. The van der Waals surface area contributed by atoms with Crippen molar-refractivity contribution in [2.24, 2.45) is 0 Å². The van der Waals surface area contributed by atoms with Crippen molar-refractivity contribution < 1.29 is 13.2 Å². The average Bonchev–Trinajstić information content (AvgIpc) is 3.09. The Morgan fingerprint density at radius 3 is 2.62 bits per heavy atom. The number of anilines is 1. The molecule has 0 bridgehead atoms. The van der Waals surface area contributed by atoms with Gasteiger partial charge in [0, 0.05) is 11.8 Å². The van der Waals surface area contributed by atoms with Crippen LogP contribution in [-0.2, 0) is 16.6 Å². The van der Waals surface area contributed by atoms with Crippen LogP contribution in [0.15, 0.2) is 71.9 Å². The number of hydrogen-bond donors (Lipinski definition) is 2. The fourth-order valence-electron chi connectivity index (χ4n) is 2.41. The molecule has 0 fully saturated rings. The average molecular weight is 370 g/mol. The van der Waals surface area contributed by atoms with Crippen LogP contribution in [0.5, 0.6) is 0 Å². The van der Waals surface area contributed by atoms with Crippen molar-refractivity contribution in [3.8, 4) is 0 Å². The summed E-state index contributed by atoms with van der Waals surface area (Å²) in [6.45, 7) is 0.590. The molecule has 0 atom stereocenters. The lowest BCUT2D eigenvalue weighted by Crippen LogP contribution is -2.19. The molecule has 3 rings (SSSR count). The first kappa shape index (κ1) is 17.8. The van der Waals surface area contributed by atoms with E-state index in [0.717, 1.165) is 5.56 Å². The van der Waals surface area contributed by atoms with Crippen LogP contribution in [0.25, 0.3) is 0 Å². The Labute approximate surface area is 151 Å². The Morgan fingerprint density at radius 2 is 1.88 bits per heavy atom. The number of hydrogen-bond acceptors (Lipinski definition) is 4. The highest BCUT2D eigenvalue weighted by atomic mass is 32.2. The van der Waals surface area contributed by atoms with Gasteiger partial charge in [0.15, 0.2) is 0 Å². The first-order valence-corrected chi connectivity index (χ1v) is 9.37. The van der Waals surface area contributed by atoms with E-state index in [1.807, 2.05) is 30.3 Å². The standard InChI is InChI=1S/C18H18N4O3S/c1-19-26(24,25)17-9-5-8-15(10-17)18(23)21-16-11-20-22(13-16)12-14-6-3-2-4-7-14/h2-11,13,19H,12H2,1H3,(H,21,23). The number of benzene rings is 2. The highest BCUT2D eigenvalue weighted by Crippen LogP contribution is 2.14. The van der Waals surface area contributed by atoms with Crippen LogP contribution >= 0.6 is 0 Å². The second kappa shape index (κ2) is 7.51. The fraction of sp³-hybridized carbons (Fsp3) is 0.111. The molecule has 1 aromatic heterocycles. The minimum atomic E-state index is -3.60. The van der Waals surface area contributed by atoms with Gasteiger partial charge in [-0.05, 0) is 30.8 Å². The van der Waals surface area contributed by atoms with E-state index >= 15 is 0 Å². The van der Waals surface area contributed by atoms with E-state index in [2.05, 4.69) is 15.1 Å². The highest BCUT2D eigenvalue weighted by molar-refractivity contribution is 7.89. The van der Waals surface area contributed by atoms with Crippen LogP contribution in [0.3, 0.4) is 0 Å². The molecule has 0 unspecified atom stereocenters. The van der Waals surface area contributed by atoms with Crippen LogP contribution in [0.1, 0.15) is 15.9 Å². The number of aromatic nitrogens is 2. The smallest absolute Gasteiger partial charge is 0.255 e. The minimum absolute atomic E-state index is 0.0347. The SMILES string of the molecule is CNS(=O)(=O)c1cccc(C(=O)Nc2cnn(Cc3ccccc3)c2)c1. The molecule has 0 radical (unpaired) electrons. The fourth-order valence-corrected chi connectivity index (χ4v) is 3.19. The van der Waals surface area contributed by atoms with Gasteiger partial charge in [-0.2, -0.15) is 5.10 Å². The maximum absolute atomic E-state index is 12.4. The Bertz CT molecular complexity index is 1010. The maximum atomic E-state index is 12.4. The van der Waals surface area contributed by atoms with Gasteiger partial charge in [0.2, 0.25) is 10.0 Å². The van der Waals surface area contributed by atoms with E-state index < -0.39 is 15.9 Å². The zero-order valence-corrected chi connectivity index (χ0v) is 14.9. The first-order chi connectivity index (χ1) is 12.5.